The molecule has 6 nitrogen and oxygen atoms in total. The summed E-state index contributed by atoms with van der Waals surface area (Å²) in [7, 11) is 0. The van der Waals surface area contributed by atoms with Crippen LogP contribution in [0.1, 0.15) is 59.8 Å². The summed E-state index contributed by atoms with van der Waals surface area (Å²) in [4.78, 5) is 27.4. The Labute approximate surface area is 159 Å². The fourth-order valence-corrected chi connectivity index (χ4v) is 3.55. The van der Waals surface area contributed by atoms with Crippen LogP contribution in [0.15, 0.2) is 28.7 Å². The molecule has 1 aliphatic heterocycles. The number of carbonyl (C=O) groups excluding carboxylic acids is 2. The van der Waals surface area contributed by atoms with Crippen molar-refractivity contribution in [2.24, 2.45) is 0 Å². The molecule has 2 heterocycles. The molecule has 0 fully saturated rings. The maximum absolute atomic E-state index is 12.8. The summed E-state index contributed by atoms with van der Waals surface area (Å²) >= 11 is 0. The summed E-state index contributed by atoms with van der Waals surface area (Å²) in [5.74, 6) is 0.480. The van der Waals surface area contributed by atoms with E-state index >= 15 is 0 Å². The van der Waals surface area contributed by atoms with E-state index in [9.17, 15) is 9.59 Å². The van der Waals surface area contributed by atoms with Gasteiger partial charge in [0.15, 0.2) is 5.76 Å². The highest BCUT2D eigenvalue weighted by Crippen LogP contribution is 2.33. The van der Waals surface area contributed by atoms with Crippen LogP contribution in [0, 0.1) is 6.92 Å². The molecule has 1 aliphatic rings. The number of benzene rings is 1. The second-order valence-electron chi connectivity index (χ2n) is 6.81. The number of nitrogens with zero attached hydrogens (tertiary/aromatic N) is 1. The van der Waals surface area contributed by atoms with Gasteiger partial charge in [0.2, 0.25) is 0 Å². The van der Waals surface area contributed by atoms with Crippen LogP contribution in [-0.2, 0) is 17.8 Å². The molecule has 0 saturated carbocycles. The Morgan fingerprint density at radius 3 is 2.67 bits per heavy atom. The van der Waals surface area contributed by atoms with E-state index in [0.717, 1.165) is 54.2 Å². The Hall–Kier alpha value is -2.60. The van der Waals surface area contributed by atoms with E-state index in [1.807, 2.05) is 32.0 Å². The van der Waals surface area contributed by atoms with Crippen molar-refractivity contribution >= 4 is 17.5 Å². The van der Waals surface area contributed by atoms with Crippen molar-refractivity contribution in [3.8, 4) is 0 Å². The largest absolute Gasteiger partial charge is 0.456 e. The first-order valence-corrected chi connectivity index (χ1v) is 9.53. The number of furan rings is 1. The molecule has 2 aromatic rings. The van der Waals surface area contributed by atoms with Gasteiger partial charge in [0.25, 0.3) is 11.8 Å². The molecule has 2 amide bonds. The average molecular weight is 369 g/mol. The van der Waals surface area contributed by atoms with Crippen LogP contribution < -0.4 is 10.6 Å². The van der Waals surface area contributed by atoms with Gasteiger partial charge in [-0.1, -0.05) is 32.9 Å². The Morgan fingerprint density at radius 2 is 2.00 bits per heavy atom. The van der Waals surface area contributed by atoms with Crippen LogP contribution in [-0.4, -0.2) is 29.8 Å². The van der Waals surface area contributed by atoms with Crippen LogP contribution >= 0.6 is 0 Å². The first-order valence-electron chi connectivity index (χ1n) is 9.53. The third-order valence-corrected chi connectivity index (χ3v) is 5.14. The topological polar surface area (TPSA) is 74.6 Å². The molecular weight excluding hydrogens is 342 g/mol. The number of anilines is 1. The van der Waals surface area contributed by atoms with E-state index in [1.54, 1.807) is 6.07 Å². The smallest absolute Gasteiger partial charge is 0.287 e. The van der Waals surface area contributed by atoms with Crippen molar-refractivity contribution in [2.75, 3.05) is 18.4 Å². The van der Waals surface area contributed by atoms with Gasteiger partial charge in [-0.05, 0) is 37.7 Å². The minimum atomic E-state index is -0.699. The van der Waals surface area contributed by atoms with Gasteiger partial charge in [0, 0.05) is 29.8 Å². The molecule has 0 unspecified atom stereocenters. The summed E-state index contributed by atoms with van der Waals surface area (Å²) in [6.07, 6.45) is 0.718. The van der Waals surface area contributed by atoms with Crippen molar-refractivity contribution in [3.05, 3.63) is 52.5 Å². The quantitative estimate of drug-likeness (QED) is 0.784. The zero-order valence-electron chi connectivity index (χ0n) is 16.4. The molecule has 3 rings (SSSR count). The van der Waals surface area contributed by atoms with Gasteiger partial charge >= 0.3 is 0 Å². The molecule has 27 heavy (non-hydrogen) atoms. The molecular formula is C21H27N3O3. The summed E-state index contributed by atoms with van der Waals surface area (Å²) in [6.45, 7) is 10.8. The van der Waals surface area contributed by atoms with E-state index in [0.29, 0.717) is 0 Å². The van der Waals surface area contributed by atoms with E-state index in [-0.39, 0.29) is 17.6 Å². The van der Waals surface area contributed by atoms with Crippen molar-refractivity contribution < 1.29 is 14.0 Å². The number of nitrogens with one attached hydrogen (secondary N) is 2. The lowest BCUT2D eigenvalue weighted by atomic mass is 10.0. The van der Waals surface area contributed by atoms with Crippen LogP contribution in [0.2, 0.25) is 0 Å². The monoisotopic (exact) mass is 369 g/mol. The Morgan fingerprint density at radius 1 is 1.26 bits per heavy atom. The number of aryl methyl sites for hydroxylation is 2. The summed E-state index contributed by atoms with van der Waals surface area (Å²) in [5, 5.41) is 5.65. The molecule has 0 aliphatic carbocycles. The molecule has 144 valence electrons. The SMILES string of the molecule is CCc1oc(C(=O)N[C@H]2C(=O)Nc3cccc(C)c32)cc1CN(CC)CC. The Bertz CT molecular complexity index is 852. The molecule has 0 spiro atoms. The zero-order valence-corrected chi connectivity index (χ0v) is 16.4. The van der Waals surface area contributed by atoms with Gasteiger partial charge in [-0.15, -0.1) is 0 Å². The molecule has 1 aromatic heterocycles. The standard InChI is InChI=1S/C21H27N3O3/c1-5-16-14(12-24(6-2)7-3)11-17(27-16)20(25)23-19-18-13(4)9-8-10-15(18)22-21(19)26/h8-11,19H,5-7,12H2,1-4H3,(H,22,26)(H,23,25)/t19-/m1/s1. The van der Waals surface area contributed by atoms with Gasteiger partial charge in [-0.2, -0.15) is 0 Å². The lowest BCUT2D eigenvalue weighted by molar-refractivity contribution is -0.117. The molecule has 0 saturated heterocycles. The minimum Gasteiger partial charge on any atom is -0.456 e. The molecule has 0 bridgehead atoms. The van der Waals surface area contributed by atoms with Crippen molar-refractivity contribution in [1.29, 1.82) is 0 Å². The lowest BCUT2D eigenvalue weighted by Gasteiger charge is -2.17. The average Bonchev–Trinajstić information content (AvgIpc) is 3.21. The van der Waals surface area contributed by atoms with Crippen LogP contribution in [0.5, 0.6) is 0 Å². The summed E-state index contributed by atoms with van der Waals surface area (Å²) in [6, 6.07) is 6.77. The molecule has 6 heteroatoms. The fraction of sp³-hybridized carbons (Fsp3) is 0.429. The first kappa shape index (κ1) is 19.2. The van der Waals surface area contributed by atoms with Crippen LogP contribution in [0.3, 0.4) is 0 Å². The zero-order chi connectivity index (χ0) is 19.6. The molecule has 1 aromatic carbocycles. The van der Waals surface area contributed by atoms with Crippen LogP contribution in [0.4, 0.5) is 5.69 Å². The second-order valence-corrected chi connectivity index (χ2v) is 6.81. The number of hydrogen-bond donors (Lipinski definition) is 2. The third kappa shape index (κ3) is 3.76. The Kier molecular flexibility index (Phi) is 5.65. The first-order chi connectivity index (χ1) is 13.0. The third-order valence-electron chi connectivity index (χ3n) is 5.14. The van der Waals surface area contributed by atoms with Crippen molar-refractivity contribution in [3.63, 3.8) is 0 Å². The number of fused-ring (bicyclic) bond motifs is 1. The Balaban J connectivity index is 1.81. The van der Waals surface area contributed by atoms with Crippen LogP contribution in [0.25, 0.3) is 0 Å². The predicted molar refractivity (Wildman–Crippen MR) is 105 cm³/mol. The van der Waals surface area contributed by atoms with Gasteiger partial charge in [0.1, 0.15) is 11.8 Å². The molecule has 0 radical (unpaired) electrons. The van der Waals surface area contributed by atoms with E-state index in [1.165, 1.54) is 0 Å². The highest BCUT2D eigenvalue weighted by atomic mass is 16.4. The minimum absolute atomic E-state index is 0.224. The van der Waals surface area contributed by atoms with E-state index in [4.69, 9.17) is 4.42 Å². The van der Waals surface area contributed by atoms with Gasteiger partial charge < -0.3 is 15.1 Å². The molecule has 1 atom stereocenters. The maximum atomic E-state index is 12.8. The lowest BCUT2D eigenvalue weighted by Crippen LogP contribution is -2.33. The number of carbonyl (C=O) groups is 2. The summed E-state index contributed by atoms with van der Waals surface area (Å²) < 4.78 is 5.81. The number of rotatable bonds is 7. The fourth-order valence-electron chi connectivity index (χ4n) is 3.55. The highest BCUT2D eigenvalue weighted by Gasteiger charge is 2.34. The normalized spacial score (nSPS) is 15.7. The van der Waals surface area contributed by atoms with Crippen molar-refractivity contribution in [1.82, 2.24) is 10.2 Å². The second kappa shape index (κ2) is 7.96. The highest BCUT2D eigenvalue weighted by molar-refractivity contribution is 6.06. The number of hydrogen-bond acceptors (Lipinski definition) is 4. The predicted octanol–water partition coefficient (Wildman–Crippen LogP) is 3.42. The maximum Gasteiger partial charge on any atom is 0.287 e. The van der Waals surface area contributed by atoms with Gasteiger partial charge in [-0.3, -0.25) is 14.5 Å². The van der Waals surface area contributed by atoms with E-state index < -0.39 is 6.04 Å². The number of amides is 2. The molecule has 2 N–H and O–H groups in total. The van der Waals surface area contributed by atoms with Crippen molar-refractivity contribution in [2.45, 2.75) is 46.7 Å². The van der Waals surface area contributed by atoms with Gasteiger partial charge in [-0.25, -0.2) is 0 Å². The van der Waals surface area contributed by atoms with E-state index in [2.05, 4.69) is 29.4 Å². The summed E-state index contributed by atoms with van der Waals surface area (Å²) in [5.41, 5.74) is 3.56. The van der Waals surface area contributed by atoms with Gasteiger partial charge in [0.05, 0.1) is 0 Å².